The number of benzene rings is 2. The van der Waals surface area contributed by atoms with E-state index in [4.69, 9.17) is 4.65 Å². The summed E-state index contributed by atoms with van der Waals surface area (Å²) in [5.74, 6) is -0.516. The fourth-order valence-corrected chi connectivity index (χ4v) is 1.49. The zero-order valence-corrected chi connectivity index (χ0v) is 9.42. The summed E-state index contributed by atoms with van der Waals surface area (Å²) in [6.07, 6.45) is 0.423. The highest BCUT2D eigenvalue weighted by molar-refractivity contribution is 6.60. The van der Waals surface area contributed by atoms with E-state index in [1.165, 1.54) is 12.1 Å². The molecule has 0 saturated heterocycles. The Balaban J connectivity index is 2.15. The van der Waals surface area contributed by atoms with Gasteiger partial charge in [-0.3, -0.25) is 4.79 Å². The van der Waals surface area contributed by atoms with E-state index in [0.717, 1.165) is 6.07 Å². The molecule has 0 bridgehead atoms. The molecule has 2 aromatic carbocycles. The number of hydrogen-bond acceptors (Lipinski definition) is 3. The average molecular weight is 244 g/mol. The summed E-state index contributed by atoms with van der Waals surface area (Å²) in [7, 11) is -1.17. The van der Waals surface area contributed by atoms with Gasteiger partial charge in [-0.05, 0) is 17.6 Å². The van der Waals surface area contributed by atoms with E-state index in [-0.39, 0.29) is 11.3 Å². The molecule has 1 N–H and O–H groups in total. The Morgan fingerprint density at radius 2 is 1.89 bits per heavy atom. The lowest BCUT2D eigenvalue weighted by molar-refractivity contribution is 0.112. The van der Waals surface area contributed by atoms with Crippen LogP contribution in [0.25, 0.3) is 0 Å². The van der Waals surface area contributed by atoms with Crippen LogP contribution in [0, 0.1) is 5.82 Å². The van der Waals surface area contributed by atoms with E-state index >= 15 is 0 Å². The number of aldehydes is 1. The molecule has 2 aromatic rings. The van der Waals surface area contributed by atoms with Crippen LogP contribution in [0.5, 0.6) is 5.75 Å². The minimum absolute atomic E-state index is 0.0449. The third-order valence-corrected chi connectivity index (χ3v) is 2.43. The van der Waals surface area contributed by atoms with Gasteiger partial charge in [0.2, 0.25) is 0 Å². The predicted molar refractivity (Wildman–Crippen MR) is 66.5 cm³/mol. The predicted octanol–water partition coefficient (Wildman–Crippen LogP) is 1.40. The zero-order chi connectivity index (χ0) is 13.0. The van der Waals surface area contributed by atoms with Crippen molar-refractivity contribution < 1.29 is 18.9 Å². The molecule has 0 aliphatic rings. The van der Waals surface area contributed by atoms with Crippen molar-refractivity contribution in [1.82, 2.24) is 0 Å². The van der Waals surface area contributed by atoms with Crippen molar-refractivity contribution in [3.05, 3.63) is 59.9 Å². The summed E-state index contributed by atoms with van der Waals surface area (Å²) in [6, 6.07) is 12.5. The summed E-state index contributed by atoms with van der Waals surface area (Å²) >= 11 is 0. The maximum absolute atomic E-state index is 13.3. The third kappa shape index (κ3) is 2.75. The van der Waals surface area contributed by atoms with E-state index < -0.39 is 12.9 Å². The summed E-state index contributed by atoms with van der Waals surface area (Å²) in [4.78, 5) is 10.5. The van der Waals surface area contributed by atoms with Crippen molar-refractivity contribution in [3.63, 3.8) is 0 Å². The van der Waals surface area contributed by atoms with Crippen LogP contribution in [-0.4, -0.2) is 18.4 Å². The van der Waals surface area contributed by atoms with Gasteiger partial charge >= 0.3 is 7.12 Å². The van der Waals surface area contributed by atoms with Gasteiger partial charge in [0.1, 0.15) is 11.6 Å². The Kier molecular flexibility index (Phi) is 3.74. The standard InChI is InChI=1S/C13H10BFO3/c15-13-8-12(7-6-10(13)9-16)18-14(17)11-4-2-1-3-5-11/h1-9,17H. The van der Waals surface area contributed by atoms with Crippen LogP contribution in [0.2, 0.25) is 0 Å². The van der Waals surface area contributed by atoms with Crippen LogP contribution >= 0.6 is 0 Å². The lowest BCUT2D eigenvalue weighted by Gasteiger charge is -2.10. The Hall–Kier alpha value is -2.14. The van der Waals surface area contributed by atoms with Crippen molar-refractivity contribution in [1.29, 1.82) is 0 Å². The lowest BCUT2D eigenvalue weighted by atomic mass is 9.79. The second-order valence-electron chi connectivity index (χ2n) is 3.68. The first-order valence-corrected chi connectivity index (χ1v) is 5.35. The monoisotopic (exact) mass is 244 g/mol. The highest BCUT2D eigenvalue weighted by Crippen LogP contribution is 2.15. The largest absolute Gasteiger partial charge is 0.560 e. The molecule has 0 amide bonds. The molecule has 0 aliphatic heterocycles. The first-order valence-electron chi connectivity index (χ1n) is 5.35. The molecular formula is C13H10BFO3. The molecule has 0 spiro atoms. The van der Waals surface area contributed by atoms with E-state index in [1.807, 2.05) is 6.07 Å². The SMILES string of the molecule is O=Cc1ccc(OB(O)c2ccccc2)cc1F. The first-order chi connectivity index (χ1) is 8.70. The molecule has 0 atom stereocenters. The molecule has 0 unspecified atom stereocenters. The number of hydrogen-bond donors (Lipinski definition) is 1. The first kappa shape index (κ1) is 12.3. The number of halogens is 1. The van der Waals surface area contributed by atoms with Gasteiger partial charge in [0.05, 0.1) is 5.56 Å². The van der Waals surface area contributed by atoms with E-state index in [1.54, 1.807) is 24.3 Å². The molecule has 90 valence electrons. The molecule has 18 heavy (non-hydrogen) atoms. The number of carbonyl (C=O) groups is 1. The fraction of sp³-hybridized carbons (Fsp3) is 0. The van der Waals surface area contributed by atoms with Gasteiger partial charge in [-0.1, -0.05) is 30.3 Å². The maximum Gasteiger partial charge on any atom is 0.560 e. The molecule has 2 rings (SSSR count). The molecule has 5 heteroatoms. The quantitative estimate of drug-likeness (QED) is 0.653. The molecule has 0 heterocycles. The molecule has 0 saturated carbocycles. The van der Waals surface area contributed by atoms with Gasteiger partial charge in [-0.25, -0.2) is 4.39 Å². The summed E-state index contributed by atoms with van der Waals surface area (Å²) in [5, 5.41) is 9.78. The topological polar surface area (TPSA) is 46.5 Å². The van der Waals surface area contributed by atoms with Crippen molar-refractivity contribution >= 4 is 18.9 Å². The van der Waals surface area contributed by atoms with Crippen molar-refractivity contribution in [3.8, 4) is 5.75 Å². The maximum atomic E-state index is 13.3. The Bertz CT molecular complexity index is 545. The minimum atomic E-state index is -1.17. The second kappa shape index (κ2) is 5.47. The lowest BCUT2D eigenvalue weighted by Crippen LogP contribution is -2.36. The van der Waals surface area contributed by atoms with Gasteiger partial charge in [0.15, 0.2) is 6.29 Å². The second-order valence-corrected chi connectivity index (χ2v) is 3.68. The Morgan fingerprint density at radius 1 is 1.17 bits per heavy atom. The summed E-state index contributed by atoms with van der Waals surface area (Å²) < 4.78 is 18.5. The summed E-state index contributed by atoms with van der Waals surface area (Å²) in [5.41, 5.74) is 0.522. The summed E-state index contributed by atoms with van der Waals surface area (Å²) in [6.45, 7) is 0. The van der Waals surface area contributed by atoms with E-state index in [2.05, 4.69) is 0 Å². The molecule has 0 fully saturated rings. The van der Waals surface area contributed by atoms with Gasteiger partial charge in [-0.2, -0.15) is 0 Å². The highest BCUT2D eigenvalue weighted by Gasteiger charge is 2.18. The van der Waals surface area contributed by atoms with Crippen molar-refractivity contribution in [2.24, 2.45) is 0 Å². The van der Waals surface area contributed by atoms with Crippen LogP contribution in [0.15, 0.2) is 48.5 Å². The fourth-order valence-electron chi connectivity index (χ4n) is 1.49. The zero-order valence-electron chi connectivity index (χ0n) is 9.42. The van der Waals surface area contributed by atoms with Crippen LogP contribution < -0.4 is 10.1 Å². The van der Waals surface area contributed by atoms with Crippen LogP contribution in [0.4, 0.5) is 4.39 Å². The van der Waals surface area contributed by atoms with Crippen molar-refractivity contribution in [2.75, 3.05) is 0 Å². The van der Waals surface area contributed by atoms with Gasteiger partial charge in [-0.15, -0.1) is 0 Å². The Labute approximate surface area is 104 Å². The number of rotatable bonds is 4. The van der Waals surface area contributed by atoms with E-state index in [0.29, 0.717) is 11.7 Å². The molecule has 3 nitrogen and oxygen atoms in total. The smallest absolute Gasteiger partial charge is 0.532 e. The van der Waals surface area contributed by atoms with Gasteiger partial charge < -0.3 is 9.68 Å². The average Bonchev–Trinajstić information content (AvgIpc) is 2.40. The van der Waals surface area contributed by atoms with Gasteiger partial charge in [0, 0.05) is 6.07 Å². The van der Waals surface area contributed by atoms with Crippen LogP contribution in [0.3, 0.4) is 0 Å². The van der Waals surface area contributed by atoms with E-state index in [9.17, 15) is 14.2 Å². The highest BCUT2D eigenvalue weighted by atomic mass is 19.1. The third-order valence-electron chi connectivity index (χ3n) is 2.43. The van der Waals surface area contributed by atoms with Gasteiger partial charge in [0.25, 0.3) is 0 Å². The molecule has 0 radical (unpaired) electrons. The molecule has 0 aliphatic carbocycles. The van der Waals surface area contributed by atoms with Crippen LogP contribution in [0.1, 0.15) is 10.4 Å². The Morgan fingerprint density at radius 3 is 2.50 bits per heavy atom. The van der Waals surface area contributed by atoms with Crippen molar-refractivity contribution in [2.45, 2.75) is 0 Å². The molecule has 0 aromatic heterocycles. The normalized spacial score (nSPS) is 9.89. The molecular weight excluding hydrogens is 234 g/mol. The number of carbonyl (C=O) groups excluding carboxylic acids is 1. The minimum Gasteiger partial charge on any atom is -0.532 e. The van der Waals surface area contributed by atoms with Crippen LogP contribution in [-0.2, 0) is 0 Å².